The van der Waals surface area contributed by atoms with Gasteiger partial charge in [-0.25, -0.2) is 4.98 Å². The van der Waals surface area contributed by atoms with Crippen LogP contribution in [0.25, 0.3) is 5.65 Å². The van der Waals surface area contributed by atoms with Crippen molar-refractivity contribution in [3.05, 3.63) is 52.4 Å². The predicted molar refractivity (Wildman–Crippen MR) is 109 cm³/mol. The Balaban J connectivity index is 0.000000208. The van der Waals surface area contributed by atoms with Crippen molar-refractivity contribution < 1.29 is 24.2 Å². The number of anilines is 1. The molecule has 0 unspecified atom stereocenters. The second kappa shape index (κ2) is 9.16. The van der Waals surface area contributed by atoms with Gasteiger partial charge in [-0.1, -0.05) is 11.6 Å². The van der Waals surface area contributed by atoms with E-state index in [0.29, 0.717) is 27.9 Å². The maximum absolute atomic E-state index is 10.9. The van der Waals surface area contributed by atoms with Crippen LogP contribution < -0.4 is 20.9 Å². The Kier molecular flexibility index (Phi) is 6.89. The molecule has 2 aromatic heterocycles. The number of primary amides is 1. The molecule has 154 valence electrons. The van der Waals surface area contributed by atoms with Gasteiger partial charge in [-0.15, -0.1) is 0 Å². The normalized spacial score (nSPS) is 10.2. The first-order valence-electron chi connectivity index (χ1n) is 8.33. The lowest BCUT2D eigenvalue weighted by Crippen LogP contribution is -2.13. The van der Waals surface area contributed by atoms with Crippen LogP contribution >= 0.6 is 11.6 Å². The summed E-state index contributed by atoms with van der Waals surface area (Å²) in [6.45, 7) is 1.88. The molecule has 1 amide bonds. The maximum atomic E-state index is 10.9. The number of amides is 1. The Hall–Kier alpha value is -3.46. The first-order valence-corrected chi connectivity index (χ1v) is 8.70. The van der Waals surface area contributed by atoms with Gasteiger partial charge in [0, 0.05) is 24.1 Å². The van der Waals surface area contributed by atoms with Gasteiger partial charge in [0.05, 0.1) is 36.9 Å². The molecule has 0 aliphatic carbocycles. The summed E-state index contributed by atoms with van der Waals surface area (Å²) in [7, 11) is 2.96. The lowest BCUT2D eigenvalue weighted by Gasteiger charge is -2.10. The number of aliphatic carboxylic acids is 1. The number of aromatic nitrogens is 2. The maximum Gasteiger partial charge on any atom is 0.309 e. The topological polar surface area (TPSA) is 142 Å². The van der Waals surface area contributed by atoms with Crippen molar-refractivity contribution in [2.45, 2.75) is 13.3 Å². The molecule has 10 heteroatoms. The highest BCUT2D eigenvalue weighted by molar-refractivity contribution is 6.31. The van der Waals surface area contributed by atoms with Gasteiger partial charge in [0.1, 0.15) is 5.65 Å². The Morgan fingerprint density at radius 3 is 2.34 bits per heavy atom. The van der Waals surface area contributed by atoms with Crippen LogP contribution in [0, 0.1) is 6.92 Å². The number of methoxy groups -OCH3 is 2. The smallest absolute Gasteiger partial charge is 0.309 e. The number of carbonyl (C=O) groups is 2. The Morgan fingerprint density at radius 2 is 1.79 bits per heavy atom. The molecule has 0 saturated carbocycles. The highest BCUT2D eigenvalue weighted by Crippen LogP contribution is 2.31. The molecular formula is C19H21ClN4O5. The van der Waals surface area contributed by atoms with Gasteiger partial charge in [-0.2, -0.15) is 0 Å². The first kappa shape index (κ1) is 21.8. The number of nitrogens with zero attached hydrogens (tertiary/aromatic N) is 2. The zero-order valence-electron chi connectivity index (χ0n) is 16.1. The van der Waals surface area contributed by atoms with Crippen LogP contribution in [0.2, 0.25) is 5.02 Å². The van der Waals surface area contributed by atoms with E-state index in [0.717, 1.165) is 5.56 Å². The van der Waals surface area contributed by atoms with Crippen molar-refractivity contribution >= 4 is 34.8 Å². The van der Waals surface area contributed by atoms with E-state index in [4.69, 9.17) is 37.6 Å². The van der Waals surface area contributed by atoms with Gasteiger partial charge in [0.25, 0.3) is 5.91 Å². The van der Waals surface area contributed by atoms with Crippen molar-refractivity contribution in [2.24, 2.45) is 5.73 Å². The van der Waals surface area contributed by atoms with Gasteiger partial charge in [0.15, 0.2) is 11.5 Å². The van der Waals surface area contributed by atoms with E-state index >= 15 is 0 Å². The molecular weight excluding hydrogens is 400 g/mol. The summed E-state index contributed by atoms with van der Waals surface area (Å²) in [4.78, 5) is 25.6. The lowest BCUT2D eigenvalue weighted by molar-refractivity contribution is -0.136. The third kappa shape index (κ3) is 5.29. The zero-order valence-corrected chi connectivity index (χ0v) is 16.9. The van der Waals surface area contributed by atoms with Crippen molar-refractivity contribution in [1.29, 1.82) is 0 Å². The molecule has 0 aliphatic heterocycles. The standard InChI is InChI=1S/C10H9ClN2O2.C9H12N2O3/c1-6-2-9-12-7(3-10(14)15)4-13(9)5-8(6)11;1-13-7-3-5(9(11)12)6(10)4-8(7)14-2/h2,4-5H,3H2,1H3,(H,14,15);3-4H,10H2,1-2H3,(H2,11,12). The minimum atomic E-state index is -0.888. The van der Waals surface area contributed by atoms with Crippen molar-refractivity contribution in [3.63, 3.8) is 0 Å². The van der Waals surface area contributed by atoms with Crippen molar-refractivity contribution in [3.8, 4) is 11.5 Å². The number of hydrogen-bond acceptors (Lipinski definition) is 6. The number of imidazole rings is 1. The van der Waals surface area contributed by atoms with Crippen LogP contribution in [-0.4, -0.2) is 40.6 Å². The molecule has 5 N–H and O–H groups in total. The number of nitrogen functional groups attached to an aromatic ring is 1. The van der Waals surface area contributed by atoms with Crippen molar-refractivity contribution in [2.75, 3.05) is 20.0 Å². The highest BCUT2D eigenvalue weighted by atomic mass is 35.5. The van der Waals surface area contributed by atoms with Crippen LogP contribution in [-0.2, 0) is 11.2 Å². The van der Waals surface area contributed by atoms with E-state index in [-0.39, 0.29) is 17.7 Å². The molecule has 9 nitrogen and oxygen atoms in total. The second-order valence-corrected chi connectivity index (χ2v) is 6.44. The largest absolute Gasteiger partial charge is 0.493 e. The Morgan fingerprint density at radius 1 is 1.17 bits per heavy atom. The molecule has 0 aliphatic rings. The first-order chi connectivity index (χ1) is 13.7. The number of carboxylic acid groups (broad SMARTS) is 1. The van der Waals surface area contributed by atoms with Crippen molar-refractivity contribution in [1.82, 2.24) is 9.38 Å². The zero-order chi connectivity index (χ0) is 21.7. The number of halogens is 1. The molecule has 3 rings (SSSR count). The van der Waals surface area contributed by atoms with Gasteiger partial charge >= 0.3 is 5.97 Å². The number of hydrogen-bond donors (Lipinski definition) is 3. The number of pyridine rings is 1. The molecule has 0 radical (unpaired) electrons. The summed E-state index contributed by atoms with van der Waals surface area (Å²) >= 11 is 5.94. The van der Waals surface area contributed by atoms with Gasteiger partial charge in [0.2, 0.25) is 0 Å². The minimum absolute atomic E-state index is 0.0711. The highest BCUT2D eigenvalue weighted by Gasteiger charge is 2.12. The lowest BCUT2D eigenvalue weighted by atomic mass is 10.1. The van der Waals surface area contributed by atoms with Crippen LogP contribution in [0.15, 0.2) is 30.6 Å². The van der Waals surface area contributed by atoms with Gasteiger partial charge in [-0.3, -0.25) is 9.59 Å². The monoisotopic (exact) mass is 420 g/mol. The fourth-order valence-corrected chi connectivity index (χ4v) is 2.67. The predicted octanol–water partition coefficient (Wildman–Crippen LogP) is 2.31. The molecule has 29 heavy (non-hydrogen) atoms. The van der Waals surface area contributed by atoms with E-state index < -0.39 is 11.9 Å². The third-order valence-corrected chi connectivity index (χ3v) is 4.33. The van der Waals surface area contributed by atoms with E-state index in [9.17, 15) is 9.59 Å². The fourth-order valence-electron chi connectivity index (χ4n) is 2.51. The summed E-state index contributed by atoms with van der Waals surface area (Å²) in [5.41, 5.74) is 13.4. The quantitative estimate of drug-likeness (QED) is 0.537. The summed E-state index contributed by atoms with van der Waals surface area (Å²) in [6.07, 6.45) is 3.33. The fraction of sp³-hybridized carbons (Fsp3) is 0.211. The molecule has 0 atom stereocenters. The summed E-state index contributed by atoms with van der Waals surface area (Å²) in [5, 5.41) is 9.27. The van der Waals surface area contributed by atoms with Gasteiger partial charge < -0.3 is 30.4 Å². The number of aryl methyl sites for hydroxylation is 1. The average Bonchev–Trinajstić information content (AvgIpc) is 3.02. The Labute approximate surface area is 171 Å². The number of ether oxygens (including phenoxy) is 2. The minimum Gasteiger partial charge on any atom is -0.493 e. The molecule has 0 spiro atoms. The van der Waals surface area contributed by atoms with Gasteiger partial charge in [-0.05, 0) is 24.6 Å². The molecule has 0 bridgehead atoms. The van der Waals surface area contributed by atoms with Crippen LogP contribution in [0.5, 0.6) is 11.5 Å². The summed E-state index contributed by atoms with van der Waals surface area (Å²) in [6, 6.07) is 4.78. The SMILES string of the molecule is COc1cc(N)c(C(N)=O)cc1OC.Cc1cc2nc(CC(=O)O)cn2cc1Cl. The van der Waals surface area contributed by atoms with Crippen LogP contribution in [0.4, 0.5) is 5.69 Å². The number of carbonyl (C=O) groups excluding carboxylic acids is 1. The van der Waals surface area contributed by atoms with E-state index in [1.807, 2.05) is 13.0 Å². The van der Waals surface area contributed by atoms with E-state index in [1.54, 1.807) is 16.8 Å². The van der Waals surface area contributed by atoms with E-state index in [1.165, 1.54) is 26.4 Å². The molecule has 0 fully saturated rings. The molecule has 2 heterocycles. The molecule has 0 saturated heterocycles. The number of rotatable bonds is 5. The summed E-state index contributed by atoms with van der Waals surface area (Å²) < 4.78 is 11.7. The number of nitrogens with two attached hydrogens (primary N) is 2. The molecule has 3 aromatic rings. The number of benzene rings is 1. The van der Waals surface area contributed by atoms with Crippen LogP contribution in [0.1, 0.15) is 21.6 Å². The molecule has 1 aromatic carbocycles. The Bertz CT molecular complexity index is 1030. The van der Waals surface area contributed by atoms with E-state index in [2.05, 4.69) is 4.98 Å². The number of fused-ring (bicyclic) bond motifs is 1. The third-order valence-electron chi connectivity index (χ3n) is 3.94. The summed E-state index contributed by atoms with van der Waals surface area (Å²) in [5.74, 6) is -0.588. The second-order valence-electron chi connectivity index (χ2n) is 6.03. The average molecular weight is 421 g/mol. The van der Waals surface area contributed by atoms with Crippen LogP contribution in [0.3, 0.4) is 0 Å². The number of carboxylic acids is 1.